The fourth-order valence-corrected chi connectivity index (χ4v) is 3.40. The highest BCUT2D eigenvalue weighted by Crippen LogP contribution is 2.09. The number of imidazole rings is 1. The van der Waals surface area contributed by atoms with Gasteiger partial charge in [-0.15, -0.1) is 0 Å². The number of aromatic nitrogens is 2. The van der Waals surface area contributed by atoms with E-state index in [1.54, 1.807) is 0 Å². The summed E-state index contributed by atoms with van der Waals surface area (Å²) in [7, 11) is 0. The minimum absolute atomic E-state index is 0.00363. The van der Waals surface area contributed by atoms with E-state index in [9.17, 15) is 24.3 Å². The third-order valence-electron chi connectivity index (χ3n) is 5.53. The topological polar surface area (TPSA) is 205 Å². The summed E-state index contributed by atoms with van der Waals surface area (Å²) in [6.07, 6.45) is 4.68. The number of carbonyl (C=O) groups is 4. The number of aliphatic carboxylic acids is 1. The maximum atomic E-state index is 13.1. The maximum Gasteiger partial charge on any atom is 0.326 e. The van der Waals surface area contributed by atoms with E-state index < -0.39 is 47.9 Å². The summed E-state index contributed by atoms with van der Waals surface area (Å²) in [5, 5.41) is 17.5. The second-order valence-corrected chi connectivity index (χ2v) is 9.49. The van der Waals surface area contributed by atoms with Gasteiger partial charge in [-0.05, 0) is 44.1 Å². The molecular formula is C23H41N7O5. The molecule has 1 rings (SSSR count). The van der Waals surface area contributed by atoms with Crippen LogP contribution in [-0.4, -0.2) is 69.5 Å². The van der Waals surface area contributed by atoms with E-state index in [0.717, 1.165) is 0 Å². The number of rotatable bonds is 16. The van der Waals surface area contributed by atoms with Gasteiger partial charge in [-0.3, -0.25) is 14.4 Å². The number of aromatic amines is 1. The molecule has 1 aromatic heterocycles. The van der Waals surface area contributed by atoms with E-state index in [0.29, 0.717) is 31.5 Å². The number of hydrogen-bond acceptors (Lipinski definition) is 7. The highest BCUT2D eigenvalue weighted by molar-refractivity contribution is 5.94. The van der Waals surface area contributed by atoms with Gasteiger partial charge in [-0.1, -0.05) is 27.7 Å². The Morgan fingerprint density at radius 1 is 0.971 bits per heavy atom. The highest BCUT2D eigenvalue weighted by Gasteiger charge is 2.31. The molecule has 0 aliphatic rings. The Bertz CT molecular complexity index is 813. The van der Waals surface area contributed by atoms with Crippen molar-refractivity contribution in [2.45, 2.75) is 84.0 Å². The van der Waals surface area contributed by atoms with Crippen LogP contribution in [0.2, 0.25) is 0 Å². The van der Waals surface area contributed by atoms with Gasteiger partial charge in [-0.25, -0.2) is 9.78 Å². The molecule has 35 heavy (non-hydrogen) atoms. The predicted octanol–water partition coefficient (Wildman–Crippen LogP) is -0.350. The molecule has 4 unspecified atom stereocenters. The standard InChI is InChI=1S/C23H41N7O5/c1-13(2)9-17(29-22(33)19(25)14(3)4)21(32)28-16(7-5-6-8-24)20(31)30-18(23(34)35)10-15-11-26-12-27-15/h11-14,16-19H,5-10,24-25H2,1-4H3,(H,26,27)(H,28,32)(H,29,33)(H,30,31)(H,34,35). The van der Waals surface area contributed by atoms with Gasteiger partial charge < -0.3 is 37.5 Å². The SMILES string of the molecule is CC(C)CC(NC(=O)C(N)C(C)C)C(=O)NC(CCCCN)C(=O)NC(Cc1cnc[nH]1)C(=O)O. The van der Waals surface area contributed by atoms with Crippen LogP contribution < -0.4 is 27.4 Å². The molecule has 12 heteroatoms. The van der Waals surface area contributed by atoms with Gasteiger partial charge in [0.2, 0.25) is 17.7 Å². The molecular weight excluding hydrogens is 454 g/mol. The number of carboxylic acid groups (broad SMARTS) is 1. The minimum Gasteiger partial charge on any atom is -0.480 e. The second-order valence-electron chi connectivity index (χ2n) is 9.49. The van der Waals surface area contributed by atoms with Gasteiger partial charge in [0, 0.05) is 18.3 Å². The minimum atomic E-state index is -1.22. The number of carboxylic acids is 1. The summed E-state index contributed by atoms with van der Waals surface area (Å²) in [4.78, 5) is 57.0. The van der Waals surface area contributed by atoms with Gasteiger partial charge in [0.25, 0.3) is 0 Å². The Kier molecular flexibility index (Phi) is 13.0. The van der Waals surface area contributed by atoms with Crippen molar-refractivity contribution in [2.24, 2.45) is 23.3 Å². The summed E-state index contributed by atoms with van der Waals surface area (Å²) in [5.41, 5.74) is 12.0. The quantitative estimate of drug-likeness (QED) is 0.150. The fraction of sp³-hybridized carbons (Fsp3) is 0.696. The summed E-state index contributed by atoms with van der Waals surface area (Å²) in [6.45, 7) is 7.85. The first-order valence-corrected chi connectivity index (χ1v) is 12.0. The third kappa shape index (κ3) is 10.9. The van der Waals surface area contributed by atoms with Crippen molar-refractivity contribution >= 4 is 23.7 Å². The van der Waals surface area contributed by atoms with Gasteiger partial charge in [-0.2, -0.15) is 0 Å². The summed E-state index contributed by atoms with van der Waals surface area (Å²) in [5.74, 6) is -2.86. The number of unbranched alkanes of at least 4 members (excludes halogenated alkanes) is 1. The Labute approximate surface area is 206 Å². The van der Waals surface area contributed by atoms with Crippen LogP contribution in [-0.2, 0) is 25.6 Å². The first kappa shape index (κ1) is 30.0. The first-order valence-electron chi connectivity index (χ1n) is 12.0. The average Bonchev–Trinajstić information content (AvgIpc) is 3.29. The Balaban J connectivity index is 2.99. The van der Waals surface area contributed by atoms with Crippen LogP contribution in [0.25, 0.3) is 0 Å². The van der Waals surface area contributed by atoms with E-state index in [1.165, 1.54) is 12.5 Å². The van der Waals surface area contributed by atoms with Gasteiger partial charge >= 0.3 is 5.97 Å². The largest absolute Gasteiger partial charge is 0.480 e. The molecule has 3 amide bonds. The van der Waals surface area contributed by atoms with Crippen LogP contribution in [0, 0.1) is 11.8 Å². The lowest BCUT2D eigenvalue weighted by molar-refractivity contribution is -0.142. The Morgan fingerprint density at radius 3 is 2.09 bits per heavy atom. The van der Waals surface area contributed by atoms with Crippen LogP contribution in [0.3, 0.4) is 0 Å². The van der Waals surface area contributed by atoms with Crippen molar-refractivity contribution in [1.82, 2.24) is 25.9 Å². The lowest BCUT2D eigenvalue weighted by Crippen LogP contribution is -2.58. The molecule has 12 nitrogen and oxygen atoms in total. The molecule has 9 N–H and O–H groups in total. The first-order chi connectivity index (χ1) is 16.5. The van der Waals surface area contributed by atoms with Crippen molar-refractivity contribution in [2.75, 3.05) is 6.54 Å². The van der Waals surface area contributed by atoms with E-state index in [2.05, 4.69) is 25.9 Å². The molecule has 0 saturated heterocycles. The number of nitrogens with zero attached hydrogens (tertiary/aromatic N) is 1. The summed E-state index contributed by atoms with van der Waals surface area (Å²) in [6, 6.07) is -3.88. The normalized spacial score (nSPS) is 14.7. The molecule has 1 heterocycles. The average molecular weight is 496 g/mol. The molecule has 1 aromatic rings. The zero-order valence-corrected chi connectivity index (χ0v) is 21.0. The molecule has 198 valence electrons. The second kappa shape index (κ2) is 15.1. The predicted molar refractivity (Wildman–Crippen MR) is 131 cm³/mol. The number of hydrogen-bond donors (Lipinski definition) is 7. The van der Waals surface area contributed by atoms with Crippen molar-refractivity contribution in [3.05, 3.63) is 18.2 Å². The molecule has 0 aromatic carbocycles. The zero-order valence-electron chi connectivity index (χ0n) is 21.0. The van der Waals surface area contributed by atoms with Gasteiger partial charge in [0.05, 0.1) is 12.4 Å². The van der Waals surface area contributed by atoms with E-state index >= 15 is 0 Å². The number of H-pyrrole nitrogens is 1. The molecule has 0 saturated carbocycles. The molecule has 0 spiro atoms. The third-order valence-corrected chi connectivity index (χ3v) is 5.53. The lowest BCUT2D eigenvalue weighted by Gasteiger charge is -2.26. The summed E-state index contributed by atoms with van der Waals surface area (Å²) < 4.78 is 0. The molecule has 0 aliphatic heterocycles. The smallest absolute Gasteiger partial charge is 0.326 e. The van der Waals surface area contributed by atoms with Crippen LogP contribution in [0.1, 0.15) is 59.1 Å². The van der Waals surface area contributed by atoms with E-state index in [-0.39, 0.29) is 24.7 Å². The molecule has 0 bridgehead atoms. The highest BCUT2D eigenvalue weighted by atomic mass is 16.4. The van der Waals surface area contributed by atoms with E-state index in [4.69, 9.17) is 11.5 Å². The summed E-state index contributed by atoms with van der Waals surface area (Å²) >= 11 is 0. The lowest BCUT2D eigenvalue weighted by atomic mass is 9.99. The molecule has 0 aliphatic carbocycles. The van der Waals surface area contributed by atoms with Crippen molar-refractivity contribution < 1.29 is 24.3 Å². The molecule has 4 atom stereocenters. The van der Waals surface area contributed by atoms with Crippen LogP contribution >= 0.6 is 0 Å². The zero-order chi connectivity index (χ0) is 26.5. The van der Waals surface area contributed by atoms with Crippen molar-refractivity contribution in [1.29, 1.82) is 0 Å². The van der Waals surface area contributed by atoms with Crippen molar-refractivity contribution in [3.8, 4) is 0 Å². The monoisotopic (exact) mass is 495 g/mol. The van der Waals surface area contributed by atoms with Crippen LogP contribution in [0.15, 0.2) is 12.5 Å². The number of nitrogens with two attached hydrogens (primary N) is 2. The van der Waals surface area contributed by atoms with Gasteiger partial charge in [0.1, 0.15) is 18.1 Å². The number of nitrogens with one attached hydrogen (secondary N) is 4. The van der Waals surface area contributed by atoms with Crippen LogP contribution in [0.5, 0.6) is 0 Å². The molecule has 0 radical (unpaired) electrons. The van der Waals surface area contributed by atoms with E-state index in [1.807, 2.05) is 27.7 Å². The van der Waals surface area contributed by atoms with Gasteiger partial charge in [0.15, 0.2) is 0 Å². The van der Waals surface area contributed by atoms with Crippen molar-refractivity contribution in [3.63, 3.8) is 0 Å². The fourth-order valence-electron chi connectivity index (χ4n) is 3.40. The van der Waals surface area contributed by atoms with Crippen LogP contribution in [0.4, 0.5) is 0 Å². The number of carbonyl (C=O) groups excluding carboxylic acids is 3. The maximum absolute atomic E-state index is 13.1. The number of amides is 3. The Morgan fingerprint density at radius 2 is 1.57 bits per heavy atom. The Hall–Kier alpha value is -2.99. The molecule has 0 fully saturated rings.